The Kier molecular flexibility index (Phi) is 2.89. The first-order chi connectivity index (χ1) is 12.2. The molecule has 0 aliphatic heterocycles. The Bertz CT molecular complexity index is 892. The number of rotatable bonds is 3. The lowest BCUT2D eigenvalue weighted by molar-refractivity contribution is 0.867. The van der Waals surface area contributed by atoms with Crippen molar-refractivity contribution in [3.8, 4) is 22.4 Å². The monoisotopic (exact) mass is 291 g/mol. The van der Waals surface area contributed by atoms with Gasteiger partial charge in [0.2, 0.25) is 0 Å². The van der Waals surface area contributed by atoms with Crippen molar-refractivity contribution in [2.45, 2.75) is 26.6 Å². The molecule has 2 aromatic carbocycles. The van der Waals surface area contributed by atoms with E-state index < -0.39 is 12.7 Å². The number of benzene rings is 2. The summed E-state index contributed by atoms with van der Waals surface area (Å²) in [5, 5.41) is 0. The summed E-state index contributed by atoms with van der Waals surface area (Å²) in [6, 6.07) is 19.1. The number of aromatic nitrogens is 1. The molecule has 0 N–H and O–H groups in total. The fourth-order valence-corrected chi connectivity index (χ4v) is 2.44. The predicted molar refractivity (Wildman–Crippen MR) is 93.9 cm³/mol. The van der Waals surface area contributed by atoms with E-state index in [2.05, 4.69) is 4.98 Å². The van der Waals surface area contributed by atoms with E-state index in [9.17, 15) is 0 Å². The molecule has 0 fully saturated rings. The Labute approximate surface area is 138 Å². The van der Waals surface area contributed by atoms with Gasteiger partial charge >= 0.3 is 0 Å². The molecule has 0 amide bonds. The second-order valence-corrected chi connectivity index (χ2v) is 5.56. The van der Waals surface area contributed by atoms with Crippen LogP contribution in [0, 0.1) is 6.85 Å². The summed E-state index contributed by atoms with van der Waals surface area (Å²) < 4.78 is 31.7. The number of hydrogen-bond donors (Lipinski definition) is 0. The second kappa shape index (κ2) is 6.15. The summed E-state index contributed by atoms with van der Waals surface area (Å²) in [7, 11) is 0. The van der Waals surface area contributed by atoms with Crippen molar-refractivity contribution < 1.29 is 5.48 Å². The zero-order valence-electron chi connectivity index (χ0n) is 16.8. The first-order valence-corrected chi connectivity index (χ1v) is 7.33. The van der Waals surface area contributed by atoms with E-state index in [4.69, 9.17) is 5.48 Å². The molecule has 0 aliphatic rings. The van der Waals surface area contributed by atoms with Gasteiger partial charge in [0.15, 0.2) is 0 Å². The fourth-order valence-electron chi connectivity index (χ4n) is 2.44. The Hall–Kier alpha value is -2.41. The summed E-state index contributed by atoms with van der Waals surface area (Å²) in [5.74, 6) is -0.696. The maximum atomic E-state index is 8.14. The third-order valence-corrected chi connectivity index (χ3v) is 3.75. The third-order valence-electron chi connectivity index (χ3n) is 3.75. The molecule has 1 nitrogen and oxygen atoms in total. The standard InChI is InChI=1S/C21H21N/c1-15(2)17-9-11-18(12-10-17)20-13-21(22-14-16(20)3)19-7-5-4-6-8-19/h4-15H,1-3H3/i3D3,15D. The van der Waals surface area contributed by atoms with Crippen LogP contribution in [0.3, 0.4) is 0 Å². The van der Waals surface area contributed by atoms with E-state index in [-0.39, 0.29) is 5.56 Å². The normalized spacial score (nSPS) is 14.6. The molecular formula is C21H21N. The van der Waals surface area contributed by atoms with Gasteiger partial charge in [-0.2, -0.15) is 0 Å². The zero-order chi connectivity index (χ0) is 18.9. The van der Waals surface area contributed by atoms with Crippen LogP contribution >= 0.6 is 0 Å². The predicted octanol–water partition coefficient (Wildman–Crippen LogP) is 5.85. The summed E-state index contributed by atoms with van der Waals surface area (Å²) in [6.07, 6.45) is 1.45. The average Bonchev–Trinajstić information content (AvgIpc) is 2.60. The fraction of sp³-hybridized carbons (Fsp3) is 0.190. The summed E-state index contributed by atoms with van der Waals surface area (Å²) in [6.45, 7) is 1.41. The highest BCUT2D eigenvalue weighted by Gasteiger charge is 2.07. The molecule has 0 aliphatic carbocycles. The van der Waals surface area contributed by atoms with E-state index in [1.807, 2.05) is 74.5 Å². The van der Waals surface area contributed by atoms with Crippen LogP contribution in [0.25, 0.3) is 22.4 Å². The smallest absolute Gasteiger partial charge is 0.0708 e. The molecule has 0 radical (unpaired) electrons. The van der Waals surface area contributed by atoms with Gasteiger partial charge in [0.1, 0.15) is 0 Å². The molecule has 3 rings (SSSR count). The molecule has 110 valence electrons. The number of aryl methyl sites for hydroxylation is 1. The van der Waals surface area contributed by atoms with Crippen molar-refractivity contribution in [3.05, 3.63) is 78.0 Å². The van der Waals surface area contributed by atoms with E-state index in [0.29, 0.717) is 5.56 Å². The number of pyridine rings is 1. The lowest BCUT2D eigenvalue weighted by atomic mass is 9.96. The maximum absolute atomic E-state index is 8.14. The van der Waals surface area contributed by atoms with Gasteiger partial charge in [-0.1, -0.05) is 68.4 Å². The van der Waals surface area contributed by atoms with E-state index in [1.54, 1.807) is 0 Å². The van der Waals surface area contributed by atoms with Gasteiger partial charge in [-0.25, -0.2) is 0 Å². The molecule has 0 atom stereocenters. The van der Waals surface area contributed by atoms with Crippen LogP contribution in [0.4, 0.5) is 0 Å². The molecule has 0 unspecified atom stereocenters. The number of nitrogens with zero attached hydrogens (tertiary/aromatic N) is 1. The molecule has 0 saturated heterocycles. The molecule has 1 aromatic heterocycles. The molecule has 0 saturated carbocycles. The first-order valence-electron chi connectivity index (χ1n) is 9.33. The molecule has 0 spiro atoms. The summed E-state index contributed by atoms with van der Waals surface area (Å²) in [4.78, 5) is 4.37. The van der Waals surface area contributed by atoms with Crippen molar-refractivity contribution in [3.63, 3.8) is 0 Å². The van der Waals surface area contributed by atoms with Crippen molar-refractivity contribution in [2.24, 2.45) is 0 Å². The van der Waals surface area contributed by atoms with Crippen molar-refractivity contribution >= 4 is 0 Å². The number of hydrogen-bond acceptors (Lipinski definition) is 1. The van der Waals surface area contributed by atoms with E-state index >= 15 is 0 Å². The highest BCUT2D eigenvalue weighted by atomic mass is 14.7. The van der Waals surface area contributed by atoms with E-state index in [1.165, 1.54) is 6.20 Å². The van der Waals surface area contributed by atoms with Crippen molar-refractivity contribution in [1.82, 2.24) is 4.98 Å². The average molecular weight is 291 g/mol. The summed E-state index contributed by atoms with van der Waals surface area (Å²) in [5.41, 5.74) is 4.24. The molecule has 0 bridgehead atoms. The van der Waals surface area contributed by atoms with Gasteiger partial charge in [-0.05, 0) is 41.1 Å². The van der Waals surface area contributed by atoms with Crippen LogP contribution in [0.15, 0.2) is 66.9 Å². The van der Waals surface area contributed by atoms with Crippen LogP contribution in [0.5, 0.6) is 0 Å². The topological polar surface area (TPSA) is 12.9 Å². The van der Waals surface area contributed by atoms with Gasteiger partial charge in [-0.3, -0.25) is 4.98 Å². The molecule has 1 heteroatoms. The zero-order valence-corrected chi connectivity index (χ0v) is 12.8. The van der Waals surface area contributed by atoms with Crippen LogP contribution in [-0.4, -0.2) is 4.98 Å². The minimum Gasteiger partial charge on any atom is -0.256 e. The van der Waals surface area contributed by atoms with Gasteiger partial charge in [0, 0.05) is 17.2 Å². The van der Waals surface area contributed by atoms with Gasteiger partial charge < -0.3 is 0 Å². The molecule has 3 aromatic rings. The Balaban J connectivity index is 2.14. The van der Waals surface area contributed by atoms with Crippen molar-refractivity contribution in [2.75, 3.05) is 0 Å². The minimum absolute atomic E-state index is 0.232. The third kappa shape index (κ3) is 2.94. The quantitative estimate of drug-likeness (QED) is 0.590. The van der Waals surface area contributed by atoms with Crippen LogP contribution in [-0.2, 0) is 0 Å². The van der Waals surface area contributed by atoms with Crippen LogP contribution < -0.4 is 0 Å². The molecule has 22 heavy (non-hydrogen) atoms. The lowest BCUT2D eigenvalue weighted by Gasteiger charge is -2.11. The second-order valence-electron chi connectivity index (χ2n) is 5.56. The maximum Gasteiger partial charge on any atom is 0.0708 e. The lowest BCUT2D eigenvalue weighted by Crippen LogP contribution is -1.91. The minimum atomic E-state index is -2.25. The van der Waals surface area contributed by atoms with Gasteiger partial charge in [0.05, 0.1) is 5.69 Å². The molecule has 1 heterocycles. The van der Waals surface area contributed by atoms with Crippen LogP contribution in [0.2, 0.25) is 0 Å². The summed E-state index contributed by atoms with van der Waals surface area (Å²) >= 11 is 0. The SMILES string of the molecule is [2H]C([2H])([2H])c1cnc(-c2ccccc2)cc1-c1ccc(C([2H])(C)C)cc1. The Morgan fingerprint density at radius 1 is 0.955 bits per heavy atom. The van der Waals surface area contributed by atoms with E-state index in [0.717, 1.165) is 22.4 Å². The highest BCUT2D eigenvalue weighted by Crippen LogP contribution is 2.28. The van der Waals surface area contributed by atoms with Gasteiger partial charge in [-0.15, -0.1) is 0 Å². The highest BCUT2D eigenvalue weighted by molar-refractivity contribution is 5.73. The Morgan fingerprint density at radius 3 is 2.32 bits per heavy atom. The van der Waals surface area contributed by atoms with Crippen molar-refractivity contribution in [1.29, 1.82) is 0 Å². The van der Waals surface area contributed by atoms with Gasteiger partial charge in [0.25, 0.3) is 0 Å². The first kappa shape index (κ1) is 10.3. The largest absolute Gasteiger partial charge is 0.256 e. The van der Waals surface area contributed by atoms with Crippen LogP contribution in [0.1, 0.15) is 36.4 Å². The Morgan fingerprint density at radius 2 is 1.68 bits per heavy atom. The molecular weight excluding hydrogens is 266 g/mol.